The van der Waals surface area contributed by atoms with Crippen LogP contribution in [0.15, 0.2) is 0 Å². The van der Waals surface area contributed by atoms with Gasteiger partial charge < -0.3 is 5.11 Å². The molecule has 9 atom stereocenters. The third kappa shape index (κ3) is 3.67. The SMILES string of the molecule is CCC[C@@]1(O)CC[C@H]2[C@@H](CC[C@@H]3[C@@H]2CC[C@]2(C)[C@@H](C(C)Cn4nnnc4C)CC[C@@H]32)C1. The quantitative estimate of drug-likeness (QED) is 0.680. The molecule has 4 aliphatic rings. The van der Waals surface area contributed by atoms with E-state index >= 15 is 0 Å². The molecule has 31 heavy (non-hydrogen) atoms. The van der Waals surface area contributed by atoms with Crippen molar-refractivity contribution in [3.8, 4) is 0 Å². The number of fused-ring (bicyclic) bond motifs is 5. The summed E-state index contributed by atoms with van der Waals surface area (Å²) in [5, 5.41) is 23.3. The van der Waals surface area contributed by atoms with Gasteiger partial charge in [-0.1, -0.05) is 27.2 Å². The maximum atomic E-state index is 11.1. The molecule has 0 bridgehead atoms. The second-order valence-corrected chi connectivity index (χ2v) is 12.3. The molecule has 4 aliphatic carbocycles. The zero-order valence-electron chi connectivity index (χ0n) is 20.3. The van der Waals surface area contributed by atoms with E-state index in [1.165, 1.54) is 44.9 Å². The van der Waals surface area contributed by atoms with Gasteiger partial charge in [-0.25, -0.2) is 4.68 Å². The Morgan fingerprint density at radius 3 is 2.61 bits per heavy atom. The van der Waals surface area contributed by atoms with Crippen LogP contribution >= 0.6 is 0 Å². The summed E-state index contributed by atoms with van der Waals surface area (Å²) >= 11 is 0. The largest absolute Gasteiger partial charge is 0.390 e. The molecule has 4 fully saturated rings. The van der Waals surface area contributed by atoms with Gasteiger partial charge in [0.05, 0.1) is 5.60 Å². The lowest BCUT2D eigenvalue weighted by atomic mass is 9.48. The summed E-state index contributed by atoms with van der Waals surface area (Å²) in [5.41, 5.74) is 0.140. The summed E-state index contributed by atoms with van der Waals surface area (Å²) in [7, 11) is 0. The average Bonchev–Trinajstić information content (AvgIpc) is 3.30. The summed E-state index contributed by atoms with van der Waals surface area (Å²) in [4.78, 5) is 0. The lowest BCUT2D eigenvalue weighted by molar-refractivity contribution is -0.110. The van der Waals surface area contributed by atoms with Crippen molar-refractivity contribution < 1.29 is 5.11 Å². The Hall–Kier alpha value is -0.970. The van der Waals surface area contributed by atoms with E-state index < -0.39 is 0 Å². The normalized spacial score (nSPS) is 45.6. The van der Waals surface area contributed by atoms with Gasteiger partial charge in [-0.15, -0.1) is 5.10 Å². The van der Waals surface area contributed by atoms with Crippen LogP contribution < -0.4 is 0 Å². The number of aliphatic hydroxyl groups is 1. The van der Waals surface area contributed by atoms with Crippen molar-refractivity contribution in [1.82, 2.24) is 20.2 Å². The summed E-state index contributed by atoms with van der Waals surface area (Å²) in [6.07, 6.45) is 14.0. The number of nitrogens with zero attached hydrogens (tertiary/aromatic N) is 4. The van der Waals surface area contributed by atoms with Gasteiger partial charge >= 0.3 is 0 Å². The topological polar surface area (TPSA) is 63.8 Å². The van der Waals surface area contributed by atoms with Crippen LogP contribution in [0.5, 0.6) is 0 Å². The highest BCUT2D eigenvalue weighted by molar-refractivity contribution is 5.07. The van der Waals surface area contributed by atoms with Crippen LogP contribution in [0.4, 0.5) is 0 Å². The van der Waals surface area contributed by atoms with E-state index in [1.54, 1.807) is 0 Å². The van der Waals surface area contributed by atoms with E-state index in [0.717, 1.165) is 73.6 Å². The Kier molecular flexibility index (Phi) is 5.72. The molecule has 5 nitrogen and oxygen atoms in total. The Morgan fingerprint density at radius 1 is 1.06 bits per heavy atom. The molecule has 5 rings (SSSR count). The Labute approximate surface area is 188 Å². The summed E-state index contributed by atoms with van der Waals surface area (Å²) in [6.45, 7) is 10.3. The van der Waals surface area contributed by atoms with Gasteiger partial charge in [-0.05, 0) is 128 Å². The first-order chi connectivity index (χ1) is 14.8. The highest BCUT2D eigenvalue weighted by Crippen LogP contribution is 2.65. The first-order valence-corrected chi connectivity index (χ1v) is 13.3. The molecule has 0 amide bonds. The van der Waals surface area contributed by atoms with Crippen LogP contribution in [0.2, 0.25) is 0 Å². The summed E-state index contributed by atoms with van der Waals surface area (Å²) in [6, 6.07) is 0. The number of tetrazole rings is 1. The van der Waals surface area contributed by atoms with Crippen molar-refractivity contribution >= 4 is 0 Å². The maximum Gasteiger partial charge on any atom is 0.148 e. The Balaban J connectivity index is 1.29. The molecule has 4 saturated carbocycles. The van der Waals surface area contributed by atoms with E-state index in [4.69, 9.17) is 0 Å². The highest BCUT2D eigenvalue weighted by Gasteiger charge is 2.58. The fourth-order valence-electron chi connectivity index (χ4n) is 9.45. The lowest BCUT2D eigenvalue weighted by Crippen LogP contribution is -2.51. The zero-order valence-corrected chi connectivity index (χ0v) is 20.3. The number of hydrogen-bond donors (Lipinski definition) is 1. The Bertz CT molecular complexity index is 779. The van der Waals surface area contributed by atoms with Gasteiger partial charge in [0.1, 0.15) is 5.82 Å². The Morgan fingerprint density at radius 2 is 1.87 bits per heavy atom. The molecule has 5 heteroatoms. The van der Waals surface area contributed by atoms with Crippen molar-refractivity contribution in [2.45, 2.75) is 110 Å². The minimum Gasteiger partial charge on any atom is -0.390 e. The minimum atomic E-state index is -0.353. The number of rotatable bonds is 5. The van der Waals surface area contributed by atoms with Gasteiger partial charge in [-0.3, -0.25) is 0 Å². The van der Waals surface area contributed by atoms with Crippen molar-refractivity contribution in [3.63, 3.8) is 0 Å². The van der Waals surface area contributed by atoms with E-state index in [9.17, 15) is 5.11 Å². The van der Waals surface area contributed by atoms with Crippen LogP contribution in [0.3, 0.4) is 0 Å². The highest BCUT2D eigenvalue weighted by atomic mass is 16.3. The van der Waals surface area contributed by atoms with Gasteiger partial charge in [0, 0.05) is 6.54 Å². The first kappa shape index (κ1) is 21.9. The van der Waals surface area contributed by atoms with Crippen LogP contribution in [0, 0.1) is 53.8 Å². The molecular formula is C26H44N4O. The van der Waals surface area contributed by atoms with Gasteiger partial charge in [-0.2, -0.15) is 0 Å². The fourth-order valence-corrected chi connectivity index (χ4v) is 9.45. The molecule has 1 unspecified atom stereocenters. The molecular weight excluding hydrogens is 384 g/mol. The smallest absolute Gasteiger partial charge is 0.148 e. The first-order valence-electron chi connectivity index (χ1n) is 13.3. The molecule has 0 aliphatic heterocycles. The number of aryl methyl sites for hydroxylation is 1. The van der Waals surface area contributed by atoms with E-state index in [0.29, 0.717) is 11.3 Å². The molecule has 0 spiro atoms. The zero-order chi connectivity index (χ0) is 21.8. The predicted octanol–water partition coefficient (Wildman–Crippen LogP) is 5.42. The second kappa shape index (κ2) is 8.11. The van der Waals surface area contributed by atoms with Crippen molar-refractivity contribution in [1.29, 1.82) is 0 Å². The van der Waals surface area contributed by atoms with Crippen LogP contribution in [-0.2, 0) is 6.54 Å². The van der Waals surface area contributed by atoms with Crippen LogP contribution in [0.1, 0.15) is 97.2 Å². The summed E-state index contributed by atoms with van der Waals surface area (Å²) < 4.78 is 2.01. The molecule has 1 N–H and O–H groups in total. The monoisotopic (exact) mass is 428 g/mol. The maximum absolute atomic E-state index is 11.1. The van der Waals surface area contributed by atoms with Gasteiger partial charge in [0.25, 0.3) is 0 Å². The summed E-state index contributed by atoms with van der Waals surface area (Å²) in [5.74, 6) is 6.81. The van der Waals surface area contributed by atoms with Gasteiger partial charge in [0.2, 0.25) is 0 Å². The molecule has 174 valence electrons. The second-order valence-electron chi connectivity index (χ2n) is 12.3. The number of hydrogen-bond acceptors (Lipinski definition) is 4. The lowest BCUT2D eigenvalue weighted by Gasteiger charge is -2.57. The molecule has 0 aromatic carbocycles. The number of aromatic nitrogens is 4. The predicted molar refractivity (Wildman–Crippen MR) is 122 cm³/mol. The molecule has 0 radical (unpaired) electrons. The average molecular weight is 429 g/mol. The van der Waals surface area contributed by atoms with E-state index in [2.05, 4.69) is 36.3 Å². The van der Waals surface area contributed by atoms with E-state index in [1.807, 2.05) is 11.6 Å². The van der Waals surface area contributed by atoms with Gasteiger partial charge in [0.15, 0.2) is 0 Å². The minimum absolute atomic E-state index is 0.353. The van der Waals surface area contributed by atoms with E-state index in [-0.39, 0.29) is 5.60 Å². The third-order valence-electron chi connectivity index (χ3n) is 10.8. The molecule has 1 heterocycles. The standard InChI is InChI=1S/C26H44N4O/c1-5-12-26(31)14-11-20-19(15-26)6-7-22-21(20)10-13-25(4)23(8-9-24(22)25)17(2)16-30-18(3)27-28-29-30/h17,19-24,31H,5-16H2,1-4H3/t17?,19-,20-,21+,22+,23+,24-,25+,26+/m0/s1. The van der Waals surface area contributed by atoms with Crippen molar-refractivity contribution in [2.24, 2.45) is 46.8 Å². The van der Waals surface area contributed by atoms with Crippen LogP contribution in [-0.4, -0.2) is 30.9 Å². The molecule has 1 aromatic heterocycles. The third-order valence-corrected chi connectivity index (χ3v) is 10.8. The van der Waals surface area contributed by atoms with Crippen molar-refractivity contribution in [3.05, 3.63) is 5.82 Å². The van der Waals surface area contributed by atoms with Crippen molar-refractivity contribution in [2.75, 3.05) is 0 Å². The fraction of sp³-hybridized carbons (Fsp3) is 0.962. The molecule has 0 saturated heterocycles. The molecule has 1 aromatic rings. The van der Waals surface area contributed by atoms with Crippen LogP contribution in [0.25, 0.3) is 0 Å².